The second kappa shape index (κ2) is 3.80. The number of aromatic hydroxyl groups is 1. The average Bonchev–Trinajstić information content (AvgIpc) is 2.18. The molecular weight excluding hydrogens is 176 g/mol. The Labute approximate surface area is 83.7 Å². The lowest BCUT2D eigenvalue weighted by Crippen LogP contribution is -2.26. The highest BCUT2D eigenvalue weighted by molar-refractivity contribution is 5.26. The molecule has 1 N–H and O–H groups in total. The molecule has 0 aliphatic carbocycles. The van der Waals surface area contributed by atoms with Crippen LogP contribution in [0.4, 0.5) is 0 Å². The van der Waals surface area contributed by atoms with E-state index >= 15 is 0 Å². The van der Waals surface area contributed by atoms with Gasteiger partial charge in [0.2, 0.25) is 0 Å². The minimum Gasteiger partial charge on any atom is -0.506 e. The molecule has 0 bridgehead atoms. The van der Waals surface area contributed by atoms with Crippen molar-refractivity contribution in [3.8, 4) is 5.75 Å². The van der Waals surface area contributed by atoms with Crippen molar-refractivity contribution in [2.45, 2.75) is 12.5 Å². The summed E-state index contributed by atoms with van der Waals surface area (Å²) in [7, 11) is 2.08. The molecule has 0 saturated carbocycles. The lowest BCUT2D eigenvalue weighted by Gasteiger charge is -2.29. The first-order valence-corrected chi connectivity index (χ1v) is 4.76. The van der Waals surface area contributed by atoms with Gasteiger partial charge in [0, 0.05) is 18.8 Å². The Morgan fingerprint density at radius 2 is 2.29 bits per heavy atom. The zero-order valence-electron chi connectivity index (χ0n) is 8.22. The molecule has 0 fully saturated rings. The minimum atomic E-state index is 0.241. The van der Waals surface area contributed by atoms with Crippen molar-refractivity contribution in [2.75, 3.05) is 13.6 Å². The zero-order valence-corrected chi connectivity index (χ0v) is 8.22. The number of hydrogen-bond donors (Lipinski definition) is 1. The number of rotatable bonds is 1. The molecule has 0 radical (unpaired) electrons. The number of nitrogens with zero attached hydrogens (tertiary/aromatic N) is 2. The van der Waals surface area contributed by atoms with E-state index in [4.69, 9.17) is 0 Å². The minimum absolute atomic E-state index is 0.241. The van der Waals surface area contributed by atoms with Crippen LogP contribution in [-0.4, -0.2) is 28.6 Å². The van der Waals surface area contributed by atoms with Crippen LogP contribution in [0.5, 0.6) is 5.75 Å². The fraction of sp³-hybridized carbons (Fsp3) is 0.364. The highest BCUT2D eigenvalue weighted by Gasteiger charge is 2.17. The van der Waals surface area contributed by atoms with Crippen molar-refractivity contribution in [1.29, 1.82) is 0 Å². The Morgan fingerprint density at radius 1 is 1.43 bits per heavy atom. The molecule has 1 aromatic rings. The van der Waals surface area contributed by atoms with Crippen molar-refractivity contribution < 1.29 is 5.11 Å². The highest BCUT2D eigenvalue weighted by Crippen LogP contribution is 2.27. The van der Waals surface area contributed by atoms with E-state index < -0.39 is 0 Å². The summed E-state index contributed by atoms with van der Waals surface area (Å²) >= 11 is 0. The van der Waals surface area contributed by atoms with E-state index in [1.54, 1.807) is 6.07 Å². The summed E-state index contributed by atoms with van der Waals surface area (Å²) in [6.45, 7) is 0.959. The molecule has 1 aromatic heterocycles. The smallest absolute Gasteiger partial charge is 0.134 e. The van der Waals surface area contributed by atoms with Crippen LogP contribution in [0.2, 0.25) is 0 Å². The fourth-order valence-corrected chi connectivity index (χ4v) is 1.79. The number of hydrogen-bond acceptors (Lipinski definition) is 3. The third-order valence-electron chi connectivity index (χ3n) is 2.58. The summed E-state index contributed by atoms with van der Waals surface area (Å²) in [5.41, 5.74) is 1.08. The molecular formula is C11H14N2O. The summed E-state index contributed by atoms with van der Waals surface area (Å²) in [6.07, 6.45) is 8.60. The predicted molar refractivity (Wildman–Crippen MR) is 55.0 cm³/mol. The van der Waals surface area contributed by atoms with Gasteiger partial charge in [0.15, 0.2) is 0 Å². The molecule has 1 atom stereocenters. The van der Waals surface area contributed by atoms with Gasteiger partial charge in [-0.2, -0.15) is 0 Å². The summed E-state index contributed by atoms with van der Waals surface area (Å²) in [6, 6.07) is 2.13. The van der Waals surface area contributed by atoms with Crippen LogP contribution in [0.25, 0.3) is 0 Å². The second-order valence-electron chi connectivity index (χ2n) is 3.64. The van der Waals surface area contributed by atoms with Crippen LogP contribution in [0.1, 0.15) is 18.0 Å². The van der Waals surface area contributed by atoms with E-state index in [9.17, 15) is 5.11 Å². The molecule has 0 aromatic carbocycles. The third-order valence-corrected chi connectivity index (χ3v) is 2.58. The lowest BCUT2D eigenvalue weighted by molar-refractivity contribution is 0.259. The van der Waals surface area contributed by atoms with Crippen molar-refractivity contribution in [3.63, 3.8) is 0 Å². The SMILES string of the molecule is CN1CC=CCC1c1cncc(O)c1. The number of pyridine rings is 1. The Hall–Kier alpha value is -1.35. The lowest BCUT2D eigenvalue weighted by atomic mass is 10.0. The monoisotopic (exact) mass is 190 g/mol. The van der Waals surface area contributed by atoms with Crippen molar-refractivity contribution in [1.82, 2.24) is 9.88 Å². The molecule has 0 spiro atoms. The molecule has 3 nitrogen and oxygen atoms in total. The van der Waals surface area contributed by atoms with Gasteiger partial charge in [0.05, 0.1) is 6.20 Å². The topological polar surface area (TPSA) is 36.4 Å². The van der Waals surface area contributed by atoms with Crippen LogP contribution in [0.3, 0.4) is 0 Å². The van der Waals surface area contributed by atoms with Gasteiger partial charge in [-0.25, -0.2) is 0 Å². The Bertz CT molecular complexity index is 349. The highest BCUT2D eigenvalue weighted by atomic mass is 16.3. The van der Waals surface area contributed by atoms with Crippen molar-refractivity contribution in [3.05, 3.63) is 36.2 Å². The Morgan fingerprint density at radius 3 is 3.00 bits per heavy atom. The van der Waals surface area contributed by atoms with E-state index in [0.717, 1.165) is 18.5 Å². The van der Waals surface area contributed by atoms with Gasteiger partial charge in [0.25, 0.3) is 0 Å². The first-order chi connectivity index (χ1) is 6.77. The molecule has 1 aliphatic heterocycles. The van der Waals surface area contributed by atoms with Crippen LogP contribution in [-0.2, 0) is 0 Å². The van der Waals surface area contributed by atoms with Crippen LogP contribution >= 0.6 is 0 Å². The third kappa shape index (κ3) is 1.77. The second-order valence-corrected chi connectivity index (χ2v) is 3.64. The van der Waals surface area contributed by atoms with E-state index in [-0.39, 0.29) is 5.75 Å². The molecule has 0 saturated heterocycles. The van der Waals surface area contributed by atoms with Crippen molar-refractivity contribution >= 4 is 0 Å². The van der Waals surface area contributed by atoms with Gasteiger partial charge in [-0.3, -0.25) is 9.88 Å². The van der Waals surface area contributed by atoms with Crippen molar-refractivity contribution in [2.24, 2.45) is 0 Å². The first kappa shape index (κ1) is 9.21. The van der Waals surface area contributed by atoms with E-state index in [1.807, 2.05) is 6.20 Å². The summed E-state index contributed by atoms with van der Waals surface area (Å²) in [4.78, 5) is 6.24. The Kier molecular flexibility index (Phi) is 2.50. The Balaban J connectivity index is 2.25. The number of likely N-dealkylation sites (N-methyl/N-ethyl adjacent to an activating group) is 1. The van der Waals surface area contributed by atoms with Gasteiger partial charge in [-0.05, 0) is 25.1 Å². The molecule has 3 heteroatoms. The van der Waals surface area contributed by atoms with E-state index in [0.29, 0.717) is 6.04 Å². The molecule has 0 amide bonds. The molecule has 2 rings (SSSR count). The standard InChI is InChI=1S/C11H14N2O/c1-13-5-3-2-4-11(13)9-6-10(14)8-12-7-9/h2-3,6-8,11,14H,4-5H2,1H3. The van der Waals surface area contributed by atoms with Gasteiger partial charge < -0.3 is 5.11 Å². The van der Waals surface area contributed by atoms with Gasteiger partial charge in [0.1, 0.15) is 5.75 Å². The van der Waals surface area contributed by atoms with Crippen LogP contribution in [0, 0.1) is 0 Å². The molecule has 1 aliphatic rings. The average molecular weight is 190 g/mol. The number of aromatic nitrogens is 1. The quantitative estimate of drug-likeness (QED) is 0.685. The van der Waals surface area contributed by atoms with Crippen LogP contribution in [0.15, 0.2) is 30.6 Å². The summed E-state index contributed by atoms with van der Waals surface area (Å²) in [5, 5.41) is 9.33. The fourth-order valence-electron chi connectivity index (χ4n) is 1.79. The molecule has 1 unspecified atom stereocenters. The predicted octanol–water partition coefficient (Wildman–Crippen LogP) is 1.72. The van der Waals surface area contributed by atoms with Gasteiger partial charge in [-0.15, -0.1) is 0 Å². The largest absolute Gasteiger partial charge is 0.506 e. The maximum absolute atomic E-state index is 9.33. The maximum Gasteiger partial charge on any atom is 0.134 e. The molecule has 2 heterocycles. The maximum atomic E-state index is 9.33. The first-order valence-electron chi connectivity index (χ1n) is 4.76. The normalized spacial score (nSPS) is 22.5. The zero-order chi connectivity index (χ0) is 9.97. The summed E-state index contributed by atoms with van der Waals surface area (Å²) < 4.78 is 0. The van der Waals surface area contributed by atoms with Crippen LogP contribution < -0.4 is 0 Å². The van der Waals surface area contributed by atoms with E-state index in [2.05, 4.69) is 29.1 Å². The van der Waals surface area contributed by atoms with Gasteiger partial charge in [-0.1, -0.05) is 12.2 Å². The van der Waals surface area contributed by atoms with Gasteiger partial charge >= 0.3 is 0 Å². The van der Waals surface area contributed by atoms with E-state index in [1.165, 1.54) is 6.20 Å². The summed E-state index contributed by atoms with van der Waals surface area (Å²) in [5.74, 6) is 0.241. The molecule has 74 valence electrons. The molecule has 14 heavy (non-hydrogen) atoms.